The zero-order chi connectivity index (χ0) is 25.4. The largest absolute Gasteiger partial charge is 0.371 e. The van der Waals surface area contributed by atoms with Gasteiger partial charge in [0, 0.05) is 73.1 Å². The van der Waals surface area contributed by atoms with Crippen molar-refractivity contribution in [3.05, 3.63) is 54.3 Å². The highest BCUT2D eigenvalue weighted by Gasteiger charge is 2.43. The Balaban J connectivity index is 1.04. The zero-order valence-corrected chi connectivity index (χ0v) is 22.7. The van der Waals surface area contributed by atoms with Crippen molar-refractivity contribution in [1.29, 1.82) is 0 Å². The number of nitrogens with zero attached hydrogens (tertiary/aromatic N) is 3. The Hall–Kier alpha value is -2.37. The maximum Gasteiger partial charge on any atom is 0.123 e. The Kier molecular flexibility index (Phi) is 7.02. The Morgan fingerprint density at radius 2 is 1.73 bits per heavy atom. The molecule has 3 aromatic rings. The molecule has 1 aliphatic carbocycles. The lowest BCUT2D eigenvalue weighted by Crippen LogP contribution is -2.61. The number of hydrogen-bond acceptors (Lipinski definition) is 3. The number of H-pyrrole nitrogens is 1. The smallest absolute Gasteiger partial charge is 0.123 e. The van der Waals surface area contributed by atoms with Gasteiger partial charge in [0.15, 0.2) is 0 Å². The highest BCUT2D eigenvalue weighted by molar-refractivity contribution is 5.86. The molecule has 198 valence electrons. The Morgan fingerprint density at radius 3 is 2.43 bits per heavy atom. The third-order valence-electron chi connectivity index (χ3n) is 9.74. The van der Waals surface area contributed by atoms with Crippen molar-refractivity contribution in [2.75, 3.05) is 44.2 Å². The first kappa shape index (κ1) is 24.9. The van der Waals surface area contributed by atoms with Crippen molar-refractivity contribution in [1.82, 2.24) is 14.8 Å². The van der Waals surface area contributed by atoms with Crippen molar-refractivity contribution in [3.8, 4) is 11.3 Å². The molecule has 0 bridgehead atoms. The van der Waals surface area contributed by atoms with E-state index in [1.165, 1.54) is 88.4 Å². The molecule has 37 heavy (non-hydrogen) atoms. The molecule has 2 aromatic carbocycles. The number of halogens is 1. The summed E-state index contributed by atoms with van der Waals surface area (Å²) in [6, 6.07) is 16.5. The van der Waals surface area contributed by atoms with E-state index >= 15 is 0 Å². The standard InChI is InChI=1S/C32H43FN4/c1-24(2)35-17-19-37(20-18-35)32(12-4-13-32)14-9-25-10-15-36(16-11-25)29-6-3-5-26(22-29)31-23-27-21-28(33)7-8-30(27)34-31/h3,5-8,21-25,34H,4,9-20H2,1-2H3. The van der Waals surface area contributed by atoms with Gasteiger partial charge in [0.25, 0.3) is 0 Å². The molecule has 3 heterocycles. The van der Waals surface area contributed by atoms with Gasteiger partial charge in [-0.25, -0.2) is 4.39 Å². The molecule has 1 N–H and O–H groups in total. The van der Waals surface area contributed by atoms with Gasteiger partial charge in [0.05, 0.1) is 0 Å². The average molecular weight is 503 g/mol. The summed E-state index contributed by atoms with van der Waals surface area (Å²) in [6.07, 6.45) is 9.64. The second kappa shape index (κ2) is 10.4. The van der Waals surface area contributed by atoms with Crippen molar-refractivity contribution in [2.45, 2.75) is 70.4 Å². The molecular formula is C32H43FN4. The fourth-order valence-electron chi connectivity index (χ4n) is 7.10. The number of nitrogens with one attached hydrogen (secondary N) is 1. The van der Waals surface area contributed by atoms with Crippen LogP contribution in [-0.2, 0) is 0 Å². The van der Waals surface area contributed by atoms with Crippen molar-refractivity contribution >= 4 is 16.6 Å². The summed E-state index contributed by atoms with van der Waals surface area (Å²) in [5.74, 6) is 0.670. The first-order valence-corrected chi connectivity index (χ1v) is 14.6. The number of aromatic nitrogens is 1. The lowest BCUT2D eigenvalue weighted by atomic mass is 9.70. The predicted molar refractivity (Wildman–Crippen MR) is 153 cm³/mol. The summed E-state index contributed by atoms with van der Waals surface area (Å²) in [4.78, 5) is 11.5. The van der Waals surface area contributed by atoms with E-state index in [0.717, 1.165) is 35.6 Å². The van der Waals surface area contributed by atoms with Gasteiger partial charge in [-0.3, -0.25) is 9.80 Å². The van der Waals surface area contributed by atoms with Crippen LogP contribution in [0, 0.1) is 11.7 Å². The lowest BCUT2D eigenvalue weighted by Gasteiger charge is -2.54. The molecule has 2 aliphatic heterocycles. The molecule has 0 atom stereocenters. The summed E-state index contributed by atoms with van der Waals surface area (Å²) in [7, 11) is 0. The van der Waals surface area contributed by atoms with Gasteiger partial charge in [-0.2, -0.15) is 0 Å². The quantitative estimate of drug-likeness (QED) is 0.380. The van der Waals surface area contributed by atoms with E-state index < -0.39 is 0 Å². The summed E-state index contributed by atoms with van der Waals surface area (Å²) < 4.78 is 13.6. The molecule has 0 radical (unpaired) electrons. The van der Waals surface area contributed by atoms with Crippen LogP contribution in [0.15, 0.2) is 48.5 Å². The van der Waals surface area contributed by atoms with Gasteiger partial charge in [0.2, 0.25) is 0 Å². The monoisotopic (exact) mass is 502 g/mol. The van der Waals surface area contributed by atoms with Crippen molar-refractivity contribution < 1.29 is 4.39 Å². The number of piperidine rings is 1. The second-order valence-electron chi connectivity index (χ2n) is 12.1. The number of rotatable bonds is 7. The SMILES string of the molecule is CC(C)N1CCN(C2(CCC3CCN(c4cccc(-c5cc6cc(F)ccc6[nH]5)c4)CC3)CCC2)CC1. The van der Waals surface area contributed by atoms with Gasteiger partial charge in [-0.1, -0.05) is 12.1 Å². The molecule has 0 unspecified atom stereocenters. The van der Waals surface area contributed by atoms with Gasteiger partial charge >= 0.3 is 0 Å². The molecule has 0 spiro atoms. The van der Waals surface area contributed by atoms with Gasteiger partial charge < -0.3 is 9.88 Å². The fraction of sp³-hybridized carbons (Fsp3) is 0.562. The molecule has 1 saturated carbocycles. The molecule has 2 saturated heterocycles. The first-order valence-electron chi connectivity index (χ1n) is 14.6. The molecule has 1 aromatic heterocycles. The van der Waals surface area contributed by atoms with Crippen molar-refractivity contribution in [2.24, 2.45) is 5.92 Å². The van der Waals surface area contributed by atoms with E-state index in [4.69, 9.17) is 0 Å². The van der Waals surface area contributed by atoms with Gasteiger partial charge in [-0.05, 0) is 107 Å². The number of benzene rings is 2. The third kappa shape index (κ3) is 5.18. The van der Waals surface area contributed by atoms with E-state index in [9.17, 15) is 4.39 Å². The van der Waals surface area contributed by atoms with Gasteiger partial charge in [-0.15, -0.1) is 0 Å². The number of piperazine rings is 1. The minimum Gasteiger partial charge on any atom is -0.371 e. The Morgan fingerprint density at radius 1 is 0.946 bits per heavy atom. The summed E-state index contributed by atoms with van der Waals surface area (Å²) in [5.41, 5.74) is 5.02. The van der Waals surface area contributed by atoms with Crippen LogP contribution in [0.1, 0.15) is 58.8 Å². The first-order chi connectivity index (χ1) is 18.0. The second-order valence-corrected chi connectivity index (χ2v) is 12.1. The highest BCUT2D eigenvalue weighted by Crippen LogP contribution is 2.43. The maximum atomic E-state index is 13.6. The van der Waals surface area contributed by atoms with Gasteiger partial charge in [0.1, 0.15) is 5.82 Å². The number of aromatic amines is 1. The van der Waals surface area contributed by atoms with Crippen LogP contribution in [-0.4, -0.2) is 65.6 Å². The molecule has 0 amide bonds. The summed E-state index contributed by atoms with van der Waals surface area (Å²) in [5, 5.41) is 0.923. The molecule has 6 rings (SSSR count). The zero-order valence-electron chi connectivity index (χ0n) is 22.7. The topological polar surface area (TPSA) is 25.5 Å². The van der Waals surface area contributed by atoms with E-state index in [1.807, 2.05) is 6.07 Å². The minimum absolute atomic E-state index is 0.188. The fourth-order valence-corrected chi connectivity index (χ4v) is 7.10. The van der Waals surface area contributed by atoms with Crippen LogP contribution >= 0.6 is 0 Å². The van der Waals surface area contributed by atoms with Crippen LogP contribution < -0.4 is 4.90 Å². The van der Waals surface area contributed by atoms with Crippen LogP contribution in [0.5, 0.6) is 0 Å². The summed E-state index contributed by atoms with van der Waals surface area (Å²) in [6.45, 7) is 12.0. The summed E-state index contributed by atoms with van der Waals surface area (Å²) >= 11 is 0. The number of anilines is 1. The number of fused-ring (bicyclic) bond motifs is 1. The van der Waals surface area contributed by atoms with Crippen molar-refractivity contribution in [3.63, 3.8) is 0 Å². The van der Waals surface area contributed by atoms with Crippen LogP contribution in [0.2, 0.25) is 0 Å². The highest BCUT2D eigenvalue weighted by atomic mass is 19.1. The molecule has 5 heteroatoms. The normalized spacial score (nSPS) is 21.6. The van der Waals surface area contributed by atoms with Crippen LogP contribution in [0.3, 0.4) is 0 Å². The van der Waals surface area contributed by atoms with Crippen LogP contribution in [0.4, 0.5) is 10.1 Å². The maximum absolute atomic E-state index is 13.6. The molecule has 3 fully saturated rings. The minimum atomic E-state index is -0.188. The molecule has 4 nitrogen and oxygen atoms in total. The van der Waals surface area contributed by atoms with E-state index in [-0.39, 0.29) is 5.82 Å². The van der Waals surface area contributed by atoms with Crippen LogP contribution in [0.25, 0.3) is 22.2 Å². The Labute approximate surface area is 221 Å². The van der Waals surface area contributed by atoms with E-state index in [1.54, 1.807) is 6.07 Å². The molecule has 3 aliphatic rings. The third-order valence-corrected chi connectivity index (χ3v) is 9.74. The average Bonchev–Trinajstić information content (AvgIpc) is 3.32. The lowest BCUT2D eigenvalue weighted by molar-refractivity contribution is -0.0334. The van der Waals surface area contributed by atoms with E-state index in [2.05, 4.69) is 63.9 Å². The predicted octanol–water partition coefficient (Wildman–Crippen LogP) is 6.92. The number of hydrogen-bond donors (Lipinski definition) is 1. The molecular weight excluding hydrogens is 459 g/mol. The van der Waals surface area contributed by atoms with E-state index in [0.29, 0.717) is 11.6 Å². The Bertz CT molecular complexity index is 1200.